The minimum atomic E-state index is -0.407. The van der Waals surface area contributed by atoms with Crippen molar-refractivity contribution < 1.29 is 23.5 Å². The molecule has 0 bridgehead atoms. The van der Waals surface area contributed by atoms with Crippen molar-refractivity contribution in [1.82, 2.24) is 15.1 Å². The van der Waals surface area contributed by atoms with Crippen LogP contribution in [0.4, 0.5) is 0 Å². The molecule has 8 heteroatoms. The number of rotatable bonds is 8. The Balaban J connectivity index is 1.52. The largest absolute Gasteiger partial charge is 0.486 e. The number of aryl methyl sites for hydroxylation is 1. The molecular weight excluding hydrogens is 374 g/mol. The van der Waals surface area contributed by atoms with Crippen LogP contribution in [0.15, 0.2) is 47.0 Å². The van der Waals surface area contributed by atoms with Crippen molar-refractivity contribution in [3.8, 4) is 5.75 Å². The van der Waals surface area contributed by atoms with Gasteiger partial charge in [-0.2, -0.15) is 5.10 Å². The van der Waals surface area contributed by atoms with Crippen LogP contribution < -0.4 is 10.1 Å². The van der Waals surface area contributed by atoms with Crippen molar-refractivity contribution in [3.05, 3.63) is 70.9 Å². The minimum Gasteiger partial charge on any atom is -0.486 e. The first-order valence-electron chi connectivity index (χ1n) is 9.21. The van der Waals surface area contributed by atoms with Crippen molar-refractivity contribution in [2.24, 2.45) is 0 Å². The maximum absolute atomic E-state index is 12.3. The Hall–Kier alpha value is -3.55. The third-order valence-corrected chi connectivity index (χ3v) is 4.49. The zero-order valence-electron chi connectivity index (χ0n) is 16.6. The van der Waals surface area contributed by atoms with Gasteiger partial charge in [-0.1, -0.05) is 0 Å². The van der Waals surface area contributed by atoms with Gasteiger partial charge in [0.1, 0.15) is 18.1 Å². The quantitative estimate of drug-likeness (QED) is 0.587. The molecule has 29 heavy (non-hydrogen) atoms. The van der Waals surface area contributed by atoms with E-state index in [2.05, 4.69) is 15.2 Å². The molecule has 2 heterocycles. The molecular formula is C21H23N3O5. The highest BCUT2D eigenvalue weighted by molar-refractivity contribution is 5.91. The summed E-state index contributed by atoms with van der Waals surface area (Å²) in [6.45, 7) is 5.31. The lowest BCUT2D eigenvalue weighted by Crippen LogP contribution is -2.22. The molecule has 8 nitrogen and oxygen atoms in total. The molecule has 1 N–H and O–H groups in total. The van der Waals surface area contributed by atoms with Crippen molar-refractivity contribution in [1.29, 1.82) is 0 Å². The standard InChI is InChI=1S/C21H23N3O5/c1-4-24-14(2)16(12-23-24)11-22-20(25)19-10-9-18(29-19)13-28-17-7-5-15(6-8-17)21(26)27-3/h5-10,12H,4,11,13H2,1-3H3,(H,22,25). The molecule has 0 aliphatic rings. The van der Waals surface area contributed by atoms with Gasteiger partial charge in [-0.3, -0.25) is 9.48 Å². The summed E-state index contributed by atoms with van der Waals surface area (Å²) in [5, 5.41) is 7.09. The summed E-state index contributed by atoms with van der Waals surface area (Å²) in [4.78, 5) is 23.7. The first kappa shape index (κ1) is 20.2. The molecule has 2 aromatic heterocycles. The fourth-order valence-corrected chi connectivity index (χ4v) is 2.78. The SMILES string of the molecule is CCn1ncc(CNC(=O)c2ccc(COc3ccc(C(=O)OC)cc3)o2)c1C. The van der Waals surface area contributed by atoms with Crippen LogP contribution in [0.2, 0.25) is 0 Å². The number of amides is 1. The monoisotopic (exact) mass is 397 g/mol. The predicted octanol–water partition coefficient (Wildman–Crippen LogP) is 3.10. The number of methoxy groups -OCH3 is 1. The zero-order chi connectivity index (χ0) is 20.8. The molecule has 0 saturated carbocycles. The summed E-state index contributed by atoms with van der Waals surface area (Å²) in [7, 11) is 1.33. The summed E-state index contributed by atoms with van der Waals surface area (Å²) in [6.07, 6.45) is 1.76. The maximum atomic E-state index is 12.3. The van der Waals surface area contributed by atoms with Crippen LogP contribution >= 0.6 is 0 Å². The number of ether oxygens (including phenoxy) is 2. The van der Waals surface area contributed by atoms with E-state index in [1.807, 2.05) is 18.5 Å². The molecule has 0 unspecified atom stereocenters. The van der Waals surface area contributed by atoms with Crippen LogP contribution in [0, 0.1) is 6.92 Å². The number of esters is 1. The lowest BCUT2D eigenvalue weighted by Gasteiger charge is -2.05. The average molecular weight is 397 g/mol. The normalized spacial score (nSPS) is 10.6. The number of aromatic nitrogens is 2. The first-order valence-corrected chi connectivity index (χ1v) is 9.21. The van der Waals surface area contributed by atoms with E-state index < -0.39 is 5.97 Å². The van der Waals surface area contributed by atoms with E-state index in [9.17, 15) is 9.59 Å². The second-order valence-corrected chi connectivity index (χ2v) is 6.32. The van der Waals surface area contributed by atoms with E-state index in [0.29, 0.717) is 23.6 Å². The van der Waals surface area contributed by atoms with E-state index in [0.717, 1.165) is 17.8 Å². The second-order valence-electron chi connectivity index (χ2n) is 6.32. The number of benzene rings is 1. The molecule has 3 aromatic rings. The smallest absolute Gasteiger partial charge is 0.337 e. The number of carbonyl (C=O) groups is 2. The average Bonchev–Trinajstić information content (AvgIpc) is 3.37. The number of nitrogens with zero attached hydrogens (tertiary/aromatic N) is 2. The Bertz CT molecular complexity index is 988. The zero-order valence-corrected chi connectivity index (χ0v) is 16.6. The Morgan fingerprint density at radius 3 is 2.59 bits per heavy atom. The summed E-state index contributed by atoms with van der Waals surface area (Å²) in [5.74, 6) is 0.591. The Kier molecular flexibility index (Phi) is 6.33. The number of furan rings is 1. The highest BCUT2D eigenvalue weighted by Gasteiger charge is 2.13. The van der Waals surface area contributed by atoms with Crippen LogP contribution in [-0.4, -0.2) is 28.8 Å². The summed E-state index contributed by atoms with van der Waals surface area (Å²) >= 11 is 0. The van der Waals surface area contributed by atoms with Crippen LogP contribution in [-0.2, 0) is 24.4 Å². The molecule has 0 aliphatic carbocycles. The summed E-state index contributed by atoms with van der Waals surface area (Å²) < 4.78 is 17.7. The lowest BCUT2D eigenvalue weighted by atomic mass is 10.2. The van der Waals surface area contributed by atoms with Gasteiger partial charge >= 0.3 is 5.97 Å². The molecule has 0 saturated heterocycles. The second kappa shape index (κ2) is 9.09. The van der Waals surface area contributed by atoms with Crippen LogP contribution in [0.25, 0.3) is 0 Å². The molecule has 0 atom stereocenters. The van der Waals surface area contributed by atoms with E-state index in [1.165, 1.54) is 7.11 Å². The molecule has 0 spiro atoms. The van der Waals surface area contributed by atoms with Gasteiger partial charge in [-0.25, -0.2) is 4.79 Å². The minimum absolute atomic E-state index is 0.160. The van der Waals surface area contributed by atoms with Crippen molar-refractivity contribution >= 4 is 11.9 Å². The molecule has 3 rings (SSSR count). The van der Waals surface area contributed by atoms with Crippen LogP contribution in [0.5, 0.6) is 5.75 Å². The molecule has 1 amide bonds. The molecule has 0 fully saturated rings. The van der Waals surface area contributed by atoms with E-state index in [-0.39, 0.29) is 18.3 Å². The van der Waals surface area contributed by atoms with Gasteiger partial charge in [0, 0.05) is 24.3 Å². The van der Waals surface area contributed by atoms with Gasteiger partial charge in [0.05, 0.1) is 18.9 Å². The van der Waals surface area contributed by atoms with Crippen molar-refractivity contribution in [2.75, 3.05) is 7.11 Å². The molecule has 152 valence electrons. The fourth-order valence-electron chi connectivity index (χ4n) is 2.78. The number of hydrogen-bond donors (Lipinski definition) is 1. The van der Waals surface area contributed by atoms with Crippen molar-refractivity contribution in [3.63, 3.8) is 0 Å². The highest BCUT2D eigenvalue weighted by Crippen LogP contribution is 2.16. The lowest BCUT2D eigenvalue weighted by molar-refractivity contribution is 0.0600. The van der Waals surface area contributed by atoms with Gasteiger partial charge in [-0.15, -0.1) is 0 Å². The number of nitrogens with one attached hydrogen (secondary N) is 1. The van der Waals surface area contributed by atoms with E-state index in [1.54, 1.807) is 42.6 Å². The van der Waals surface area contributed by atoms with Gasteiger partial charge in [-0.05, 0) is 50.2 Å². The molecule has 1 aromatic carbocycles. The van der Waals surface area contributed by atoms with Gasteiger partial charge in [0.25, 0.3) is 5.91 Å². The van der Waals surface area contributed by atoms with E-state index >= 15 is 0 Å². The Morgan fingerprint density at radius 1 is 1.17 bits per heavy atom. The van der Waals surface area contributed by atoms with Gasteiger partial charge < -0.3 is 19.2 Å². The third-order valence-electron chi connectivity index (χ3n) is 4.49. The predicted molar refractivity (Wildman–Crippen MR) is 105 cm³/mol. The van der Waals surface area contributed by atoms with Crippen LogP contribution in [0.3, 0.4) is 0 Å². The molecule has 0 radical (unpaired) electrons. The van der Waals surface area contributed by atoms with Gasteiger partial charge in [0.15, 0.2) is 5.76 Å². The number of carbonyl (C=O) groups excluding carboxylic acids is 2. The van der Waals surface area contributed by atoms with E-state index in [4.69, 9.17) is 9.15 Å². The molecule has 0 aliphatic heterocycles. The first-order chi connectivity index (χ1) is 14.0. The number of hydrogen-bond acceptors (Lipinski definition) is 6. The Morgan fingerprint density at radius 2 is 1.93 bits per heavy atom. The van der Waals surface area contributed by atoms with Crippen LogP contribution in [0.1, 0.15) is 44.9 Å². The summed E-state index contributed by atoms with van der Waals surface area (Å²) in [5.41, 5.74) is 2.43. The third kappa shape index (κ3) is 4.84. The maximum Gasteiger partial charge on any atom is 0.337 e. The van der Waals surface area contributed by atoms with Gasteiger partial charge in [0.2, 0.25) is 0 Å². The topological polar surface area (TPSA) is 95.6 Å². The van der Waals surface area contributed by atoms with Crippen molar-refractivity contribution in [2.45, 2.75) is 33.5 Å². The summed E-state index contributed by atoms with van der Waals surface area (Å²) in [6, 6.07) is 9.87. The Labute approximate surface area is 168 Å². The fraction of sp³-hybridized carbons (Fsp3) is 0.286. The highest BCUT2D eigenvalue weighted by atomic mass is 16.5.